The molecule has 5 N–H and O–H groups in total. The van der Waals surface area contributed by atoms with E-state index in [0.29, 0.717) is 0 Å². The van der Waals surface area contributed by atoms with Gasteiger partial charge < -0.3 is 30.5 Å². The second-order valence-corrected chi connectivity index (χ2v) is 22.9. The summed E-state index contributed by atoms with van der Waals surface area (Å²) in [5.41, 5.74) is 12.6. The SMILES string of the molecule is COC(=O)N[C@H](C(=O)N[C@@H](Cc1ccccc1)[C@@H](O)CN(Cc1cc(C(C)(C)c2cc(C)cc(C)c2)c(-c2ccccn2)c(C(C)(C)c2cc(C)cc(C)c2)c1)NC(=O)[C@@H](NC(=O)OC)C(C)(C)C)C(C)(C)C. The molecule has 5 aromatic rings. The summed E-state index contributed by atoms with van der Waals surface area (Å²) in [5, 5.41) is 22.7. The van der Waals surface area contributed by atoms with Crippen LogP contribution in [-0.2, 0) is 42.9 Å². The van der Waals surface area contributed by atoms with Gasteiger partial charge in [-0.2, -0.15) is 0 Å². The Kier molecular flexibility index (Phi) is 18.5. The van der Waals surface area contributed by atoms with Gasteiger partial charge in [0.15, 0.2) is 0 Å². The Labute approximate surface area is 434 Å². The maximum atomic E-state index is 14.7. The summed E-state index contributed by atoms with van der Waals surface area (Å²) in [7, 11) is 2.47. The molecule has 13 heteroatoms. The third-order valence-corrected chi connectivity index (χ3v) is 13.6. The highest BCUT2D eigenvalue weighted by Crippen LogP contribution is 2.46. The Morgan fingerprint density at radius 1 is 0.589 bits per heavy atom. The second kappa shape index (κ2) is 23.5. The number of carbonyl (C=O) groups excluding carboxylic acids is 4. The molecule has 73 heavy (non-hydrogen) atoms. The van der Waals surface area contributed by atoms with E-state index in [0.717, 1.165) is 66.9 Å². The first-order chi connectivity index (χ1) is 34.0. The number of hydrogen-bond donors (Lipinski definition) is 5. The van der Waals surface area contributed by atoms with Crippen LogP contribution in [0.4, 0.5) is 9.59 Å². The molecule has 0 saturated heterocycles. The average molecular weight is 997 g/mol. The van der Waals surface area contributed by atoms with Crippen LogP contribution in [0.5, 0.6) is 0 Å². The normalized spacial score (nSPS) is 13.8. The molecule has 4 atom stereocenters. The predicted molar refractivity (Wildman–Crippen MR) is 290 cm³/mol. The van der Waals surface area contributed by atoms with E-state index in [1.165, 1.54) is 14.2 Å². The van der Waals surface area contributed by atoms with E-state index in [1.54, 1.807) is 5.01 Å². The van der Waals surface area contributed by atoms with Gasteiger partial charge in [-0.3, -0.25) is 20.0 Å². The summed E-state index contributed by atoms with van der Waals surface area (Å²) in [6.07, 6.45) is -0.831. The number of aliphatic hydroxyl groups is 1. The molecule has 5 rings (SSSR count). The molecule has 0 saturated carbocycles. The Bertz CT molecular complexity index is 2600. The summed E-state index contributed by atoms with van der Waals surface area (Å²) >= 11 is 0. The number of nitrogens with zero attached hydrogens (tertiary/aromatic N) is 2. The molecule has 0 spiro atoms. The van der Waals surface area contributed by atoms with Crippen LogP contribution in [0.2, 0.25) is 0 Å². The number of amides is 4. The zero-order valence-corrected chi connectivity index (χ0v) is 46.0. The van der Waals surface area contributed by atoms with Crippen LogP contribution < -0.4 is 21.4 Å². The molecule has 1 aromatic heterocycles. The van der Waals surface area contributed by atoms with E-state index in [9.17, 15) is 24.3 Å². The minimum Gasteiger partial charge on any atom is -0.453 e. The molecule has 4 aromatic carbocycles. The Morgan fingerprint density at radius 3 is 1.47 bits per heavy atom. The second-order valence-electron chi connectivity index (χ2n) is 22.9. The number of carbonyl (C=O) groups is 4. The van der Waals surface area contributed by atoms with E-state index in [1.807, 2.05) is 96.3 Å². The van der Waals surface area contributed by atoms with Crippen molar-refractivity contribution < 1.29 is 33.8 Å². The summed E-state index contributed by atoms with van der Waals surface area (Å²) < 4.78 is 9.86. The smallest absolute Gasteiger partial charge is 0.407 e. The lowest BCUT2D eigenvalue weighted by molar-refractivity contribution is -0.132. The Hall–Kier alpha value is -6.57. The number of hydrazine groups is 1. The number of aryl methyl sites for hydroxylation is 4. The van der Waals surface area contributed by atoms with Crippen molar-refractivity contribution >= 4 is 24.0 Å². The molecule has 13 nitrogen and oxygen atoms in total. The highest BCUT2D eigenvalue weighted by Gasteiger charge is 2.39. The van der Waals surface area contributed by atoms with Gasteiger partial charge in [-0.05, 0) is 90.5 Å². The van der Waals surface area contributed by atoms with Crippen molar-refractivity contribution in [3.8, 4) is 11.3 Å². The highest BCUT2D eigenvalue weighted by molar-refractivity contribution is 5.87. The highest BCUT2D eigenvalue weighted by atomic mass is 16.5. The van der Waals surface area contributed by atoms with Crippen LogP contribution in [0.25, 0.3) is 11.3 Å². The lowest BCUT2D eigenvalue weighted by atomic mass is 9.68. The lowest BCUT2D eigenvalue weighted by Gasteiger charge is -2.37. The zero-order valence-electron chi connectivity index (χ0n) is 46.0. The minimum atomic E-state index is -1.31. The van der Waals surface area contributed by atoms with Gasteiger partial charge in [0.1, 0.15) is 12.1 Å². The number of alkyl carbamates (subject to hydrolysis) is 2. The van der Waals surface area contributed by atoms with Crippen molar-refractivity contribution in [2.75, 3.05) is 20.8 Å². The van der Waals surface area contributed by atoms with Gasteiger partial charge in [0, 0.05) is 35.7 Å². The fourth-order valence-corrected chi connectivity index (χ4v) is 9.61. The molecule has 0 aliphatic heterocycles. The number of methoxy groups -OCH3 is 2. The number of rotatable bonds is 18. The van der Waals surface area contributed by atoms with Crippen LogP contribution >= 0.6 is 0 Å². The third-order valence-electron chi connectivity index (χ3n) is 13.6. The van der Waals surface area contributed by atoms with Crippen molar-refractivity contribution in [1.82, 2.24) is 31.4 Å². The first kappa shape index (κ1) is 57.3. The monoisotopic (exact) mass is 997 g/mol. The number of ether oxygens (including phenoxy) is 2. The van der Waals surface area contributed by atoms with Gasteiger partial charge in [-0.25, -0.2) is 14.6 Å². The van der Waals surface area contributed by atoms with Crippen molar-refractivity contribution in [2.45, 2.75) is 145 Å². The summed E-state index contributed by atoms with van der Waals surface area (Å²) in [6.45, 7) is 28.2. The molecule has 1 heterocycles. The molecule has 0 aliphatic carbocycles. The zero-order chi connectivity index (χ0) is 54.2. The largest absolute Gasteiger partial charge is 0.453 e. The first-order valence-corrected chi connectivity index (χ1v) is 25.1. The summed E-state index contributed by atoms with van der Waals surface area (Å²) in [4.78, 5) is 59.4. The average Bonchev–Trinajstić information content (AvgIpc) is 3.30. The summed E-state index contributed by atoms with van der Waals surface area (Å²) in [6, 6.07) is 30.0. The van der Waals surface area contributed by atoms with Crippen LogP contribution in [0, 0.1) is 38.5 Å². The van der Waals surface area contributed by atoms with Gasteiger partial charge in [0.25, 0.3) is 5.91 Å². The lowest BCUT2D eigenvalue weighted by Crippen LogP contribution is -2.60. The molecule has 0 aliphatic rings. The fraction of sp³-hybridized carbons (Fsp3) is 0.450. The first-order valence-electron chi connectivity index (χ1n) is 25.1. The predicted octanol–water partition coefficient (Wildman–Crippen LogP) is 10.1. The van der Waals surface area contributed by atoms with E-state index in [4.69, 9.17) is 14.5 Å². The van der Waals surface area contributed by atoms with Crippen molar-refractivity contribution in [3.05, 3.63) is 159 Å². The van der Waals surface area contributed by atoms with E-state index in [2.05, 4.69) is 125 Å². The van der Waals surface area contributed by atoms with E-state index < -0.39 is 69.9 Å². The number of pyridine rings is 1. The molecule has 0 unspecified atom stereocenters. The van der Waals surface area contributed by atoms with Gasteiger partial charge in [0.2, 0.25) is 5.91 Å². The topological polar surface area (TPSA) is 171 Å². The van der Waals surface area contributed by atoms with Crippen LogP contribution in [0.3, 0.4) is 0 Å². The van der Waals surface area contributed by atoms with Crippen LogP contribution in [-0.4, -0.2) is 84.1 Å². The molecular formula is C60H80N6O7. The van der Waals surface area contributed by atoms with Crippen molar-refractivity contribution in [3.63, 3.8) is 0 Å². The number of nitrogens with one attached hydrogen (secondary N) is 4. The Morgan fingerprint density at radius 2 is 1.04 bits per heavy atom. The molecule has 4 amide bonds. The quantitative estimate of drug-likeness (QED) is 0.0536. The van der Waals surface area contributed by atoms with Crippen molar-refractivity contribution in [2.24, 2.45) is 10.8 Å². The molecule has 0 bridgehead atoms. The number of hydrogen-bond acceptors (Lipinski definition) is 9. The van der Waals surface area contributed by atoms with Crippen molar-refractivity contribution in [1.29, 1.82) is 0 Å². The molecular weight excluding hydrogens is 917 g/mol. The van der Waals surface area contributed by atoms with Gasteiger partial charge in [-0.15, -0.1) is 0 Å². The standard InChI is InChI=1S/C60H80N6O7/c1-37-26-38(2)29-43(28-37)59(11,12)45-32-42(33-46(50(45)47-24-20-21-25-61-47)60(13,14)44-30-39(3)27-40(4)31-44)35-66(65-54(69)52(58(8,9)10)64-56(71)73-16)36-49(67)48(34-41-22-18-17-19-23-41)62-53(68)51(57(5,6)7)63-55(70)72-15/h17-33,48-49,51-52,67H,34-36H2,1-16H3,(H,62,68)(H,63,70)(H,64,71)(H,65,69)/t48-,49-,51+,52+/m0/s1. The van der Waals surface area contributed by atoms with Gasteiger partial charge in [0.05, 0.1) is 32.1 Å². The molecule has 0 fully saturated rings. The maximum Gasteiger partial charge on any atom is 0.407 e. The van der Waals surface area contributed by atoms with Crippen LogP contribution in [0.1, 0.15) is 125 Å². The fourth-order valence-electron chi connectivity index (χ4n) is 9.61. The molecule has 392 valence electrons. The van der Waals surface area contributed by atoms with Gasteiger partial charge >= 0.3 is 12.2 Å². The Balaban J connectivity index is 1.78. The summed E-state index contributed by atoms with van der Waals surface area (Å²) in [5.74, 6) is -1.06. The van der Waals surface area contributed by atoms with Crippen LogP contribution in [0.15, 0.2) is 103 Å². The third kappa shape index (κ3) is 14.8. The maximum absolute atomic E-state index is 14.7. The number of aromatic nitrogens is 1. The van der Waals surface area contributed by atoms with E-state index in [-0.39, 0.29) is 19.5 Å². The number of aliphatic hydroxyl groups excluding tert-OH is 1. The van der Waals surface area contributed by atoms with E-state index >= 15 is 0 Å². The number of benzene rings is 4. The van der Waals surface area contributed by atoms with Gasteiger partial charge in [-0.1, -0.05) is 176 Å². The minimum absolute atomic E-state index is 0.0761. The molecule has 0 radical (unpaired) electrons.